The summed E-state index contributed by atoms with van der Waals surface area (Å²) in [5, 5.41) is 0. The second-order valence-corrected chi connectivity index (χ2v) is 10.6. The van der Waals surface area contributed by atoms with Gasteiger partial charge in [0.2, 0.25) is 10.0 Å². The van der Waals surface area contributed by atoms with Gasteiger partial charge in [0, 0.05) is 43.9 Å². The highest BCUT2D eigenvalue weighted by molar-refractivity contribution is 7.88. The van der Waals surface area contributed by atoms with Crippen molar-refractivity contribution in [3.8, 4) is 0 Å². The summed E-state index contributed by atoms with van der Waals surface area (Å²) in [6.07, 6.45) is 1.98. The van der Waals surface area contributed by atoms with Gasteiger partial charge in [-0.1, -0.05) is 49.4 Å². The second-order valence-electron chi connectivity index (χ2n) is 8.66. The molecule has 0 bridgehead atoms. The van der Waals surface area contributed by atoms with Gasteiger partial charge in [-0.05, 0) is 43.0 Å². The Morgan fingerprint density at radius 2 is 1.71 bits per heavy atom. The predicted molar refractivity (Wildman–Crippen MR) is 133 cm³/mol. The van der Waals surface area contributed by atoms with E-state index in [1.807, 2.05) is 43.3 Å². The SMILES string of the molecule is CCc1nc(C)nc(N2CCCN(S(=O)(=O)Cc3ccccc3)CC2)c1Cc1cccc(F)c1. The molecule has 1 aliphatic heterocycles. The van der Waals surface area contributed by atoms with Crippen LogP contribution in [-0.2, 0) is 28.6 Å². The van der Waals surface area contributed by atoms with Crippen molar-refractivity contribution in [2.45, 2.75) is 38.9 Å². The van der Waals surface area contributed by atoms with E-state index in [4.69, 9.17) is 4.98 Å². The van der Waals surface area contributed by atoms with Crippen molar-refractivity contribution in [2.75, 3.05) is 31.1 Å². The molecule has 0 saturated carbocycles. The molecule has 0 spiro atoms. The molecule has 0 N–H and O–H groups in total. The number of rotatable bonds is 7. The molecule has 8 heteroatoms. The molecule has 4 rings (SSSR count). The fourth-order valence-electron chi connectivity index (χ4n) is 4.48. The van der Waals surface area contributed by atoms with Gasteiger partial charge in [-0.3, -0.25) is 0 Å². The van der Waals surface area contributed by atoms with Crippen LogP contribution in [0.25, 0.3) is 0 Å². The van der Waals surface area contributed by atoms with Gasteiger partial charge in [-0.15, -0.1) is 0 Å². The van der Waals surface area contributed by atoms with Crippen LogP contribution in [0.5, 0.6) is 0 Å². The highest BCUT2D eigenvalue weighted by Crippen LogP contribution is 2.27. The molecular weight excluding hydrogens is 451 g/mol. The van der Waals surface area contributed by atoms with Crippen molar-refractivity contribution in [3.63, 3.8) is 0 Å². The minimum atomic E-state index is -3.42. The maximum absolute atomic E-state index is 13.8. The van der Waals surface area contributed by atoms with E-state index >= 15 is 0 Å². The lowest BCUT2D eigenvalue weighted by molar-refractivity contribution is 0.432. The van der Waals surface area contributed by atoms with E-state index in [0.717, 1.165) is 34.6 Å². The summed E-state index contributed by atoms with van der Waals surface area (Å²) < 4.78 is 41.6. The first kappa shape index (κ1) is 24.3. The molecule has 1 aromatic heterocycles. The van der Waals surface area contributed by atoms with Crippen LogP contribution in [0.1, 0.15) is 41.6 Å². The Labute approximate surface area is 201 Å². The van der Waals surface area contributed by atoms with Crippen molar-refractivity contribution in [3.05, 3.63) is 88.6 Å². The zero-order valence-electron chi connectivity index (χ0n) is 19.7. The smallest absolute Gasteiger partial charge is 0.218 e. The summed E-state index contributed by atoms with van der Waals surface area (Å²) >= 11 is 0. The lowest BCUT2D eigenvalue weighted by Gasteiger charge is -2.26. The lowest BCUT2D eigenvalue weighted by Crippen LogP contribution is -2.36. The third-order valence-corrected chi connectivity index (χ3v) is 7.98. The number of aryl methyl sites for hydroxylation is 2. The third kappa shape index (κ3) is 5.80. The number of sulfonamides is 1. The summed E-state index contributed by atoms with van der Waals surface area (Å²) in [6.45, 7) is 6.07. The van der Waals surface area contributed by atoms with Crippen LogP contribution in [0.15, 0.2) is 54.6 Å². The molecule has 1 saturated heterocycles. The number of hydrogen-bond acceptors (Lipinski definition) is 5. The average Bonchev–Trinajstić information content (AvgIpc) is 3.07. The fourth-order valence-corrected chi connectivity index (χ4v) is 6.05. The summed E-state index contributed by atoms with van der Waals surface area (Å²) in [6, 6.07) is 15.9. The molecule has 2 aromatic carbocycles. The molecule has 180 valence electrons. The molecule has 1 fully saturated rings. The van der Waals surface area contributed by atoms with Gasteiger partial charge in [-0.2, -0.15) is 4.31 Å². The Morgan fingerprint density at radius 1 is 0.941 bits per heavy atom. The van der Waals surface area contributed by atoms with Crippen LogP contribution in [-0.4, -0.2) is 48.9 Å². The van der Waals surface area contributed by atoms with Gasteiger partial charge in [0.15, 0.2) is 0 Å². The average molecular weight is 483 g/mol. The molecule has 34 heavy (non-hydrogen) atoms. The molecule has 0 unspecified atom stereocenters. The Balaban J connectivity index is 1.58. The quantitative estimate of drug-likeness (QED) is 0.507. The Morgan fingerprint density at radius 3 is 2.44 bits per heavy atom. The third-order valence-electron chi connectivity index (χ3n) is 6.13. The summed E-state index contributed by atoms with van der Waals surface area (Å²) in [7, 11) is -3.42. The van der Waals surface area contributed by atoms with Gasteiger partial charge < -0.3 is 4.90 Å². The first-order valence-corrected chi connectivity index (χ1v) is 13.3. The maximum Gasteiger partial charge on any atom is 0.218 e. The van der Waals surface area contributed by atoms with Crippen LogP contribution >= 0.6 is 0 Å². The van der Waals surface area contributed by atoms with Gasteiger partial charge in [0.05, 0.1) is 5.75 Å². The van der Waals surface area contributed by atoms with Gasteiger partial charge in [0.25, 0.3) is 0 Å². The number of hydrogen-bond donors (Lipinski definition) is 0. The Bertz CT molecular complexity index is 1230. The number of anilines is 1. The highest BCUT2D eigenvalue weighted by Gasteiger charge is 2.27. The van der Waals surface area contributed by atoms with E-state index in [1.165, 1.54) is 6.07 Å². The van der Waals surface area contributed by atoms with E-state index in [-0.39, 0.29) is 11.6 Å². The molecular formula is C26H31FN4O2S. The van der Waals surface area contributed by atoms with Gasteiger partial charge in [0.1, 0.15) is 17.5 Å². The summed E-state index contributed by atoms with van der Waals surface area (Å²) in [4.78, 5) is 11.6. The highest BCUT2D eigenvalue weighted by atomic mass is 32.2. The largest absolute Gasteiger partial charge is 0.355 e. The molecule has 2 heterocycles. The molecule has 3 aromatic rings. The molecule has 0 aliphatic carbocycles. The molecule has 0 atom stereocenters. The number of benzene rings is 2. The van der Waals surface area contributed by atoms with E-state index < -0.39 is 10.0 Å². The maximum atomic E-state index is 13.8. The fraction of sp³-hybridized carbons (Fsp3) is 0.385. The summed E-state index contributed by atoms with van der Waals surface area (Å²) in [5.41, 5.74) is 3.59. The zero-order valence-corrected chi connectivity index (χ0v) is 20.6. The lowest BCUT2D eigenvalue weighted by atomic mass is 10.0. The number of halogens is 1. The normalized spacial score (nSPS) is 15.3. The first-order chi connectivity index (χ1) is 16.4. The van der Waals surface area contributed by atoms with Crippen molar-refractivity contribution >= 4 is 15.8 Å². The topological polar surface area (TPSA) is 66.4 Å². The number of aromatic nitrogens is 2. The standard InChI is InChI=1S/C26H31FN4O2S/c1-3-25-24(18-22-11-7-12-23(27)17-22)26(29-20(2)28-25)30-13-8-14-31(16-15-30)34(32,33)19-21-9-5-4-6-10-21/h4-7,9-12,17H,3,8,13-16,18-19H2,1-2H3. The van der Waals surface area contributed by atoms with Crippen LogP contribution in [0.3, 0.4) is 0 Å². The first-order valence-electron chi connectivity index (χ1n) is 11.7. The molecule has 0 amide bonds. The van der Waals surface area contributed by atoms with Gasteiger partial charge >= 0.3 is 0 Å². The zero-order chi connectivity index (χ0) is 24.1. The Hall–Kier alpha value is -2.84. The van der Waals surface area contributed by atoms with Crippen molar-refractivity contribution in [1.29, 1.82) is 0 Å². The van der Waals surface area contributed by atoms with Crippen molar-refractivity contribution < 1.29 is 12.8 Å². The van der Waals surface area contributed by atoms with Crippen LogP contribution in [0.4, 0.5) is 10.2 Å². The monoisotopic (exact) mass is 482 g/mol. The van der Waals surface area contributed by atoms with Crippen molar-refractivity contribution in [1.82, 2.24) is 14.3 Å². The van der Waals surface area contributed by atoms with Crippen LogP contribution in [0.2, 0.25) is 0 Å². The van der Waals surface area contributed by atoms with E-state index in [9.17, 15) is 12.8 Å². The van der Waals surface area contributed by atoms with Crippen LogP contribution < -0.4 is 4.90 Å². The molecule has 6 nitrogen and oxygen atoms in total. The van der Waals surface area contributed by atoms with E-state index in [2.05, 4.69) is 16.8 Å². The van der Waals surface area contributed by atoms with Gasteiger partial charge in [-0.25, -0.2) is 22.8 Å². The van der Waals surface area contributed by atoms with E-state index in [1.54, 1.807) is 16.4 Å². The molecule has 0 radical (unpaired) electrons. The van der Waals surface area contributed by atoms with Crippen LogP contribution in [0, 0.1) is 12.7 Å². The minimum Gasteiger partial charge on any atom is -0.355 e. The van der Waals surface area contributed by atoms with E-state index in [0.29, 0.717) is 44.8 Å². The van der Waals surface area contributed by atoms with Crippen molar-refractivity contribution in [2.24, 2.45) is 0 Å². The predicted octanol–water partition coefficient (Wildman–Crippen LogP) is 4.12. The minimum absolute atomic E-state index is 0.00522. The second kappa shape index (κ2) is 10.6. The Kier molecular flexibility index (Phi) is 7.58. The molecule has 1 aliphatic rings. The summed E-state index contributed by atoms with van der Waals surface area (Å²) in [5.74, 6) is 1.26. The number of nitrogens with zero attached hydrogens (tertiary/aromatic N) is 4.